The number of hydrazine groups is 1. The second-order valence-corrected chi connectivity index (χ2v) is 7.18. The Balaban J connectivity index is 1.94. The molecule has 0 aliphatic heterocycles. The molecular formula is C14H18N2S2. The summed E-state index contributed by atoms with van der Waals surface area (Å²) in [6.45, 7) is 2.14. The molecule has 0 aromatic carbocycles. The van der Waals surface area contributed by atoms with Gasteiger partial charge < -0.3 is 0 Å². The molecule has 0 spiro atoms. The second kappa shape index (κ2) is 5.13. The smallest absolute Gasteiger partial charge is 0.0810 e. The fraction of sp³-hybridized carbons (Fsp3) is 0.429. The lowest BCUT2D eigenvalue weighted by Gasteiger charge is -2.12. The molecule has 2 nitrogen and oxygen atoms in total. The van der Waals surface area contributed by atoms with Crippen molar-refractivity contribution in [2.75, 3.05) is 0 Å². The number of rotatable bonds is 3. The Morgan fingerprint density at radius 2 is 2.11 bits per heavy atom. The highest BCUT2D eigenvalue weighted by molar-refractivity contribution is 7.12. The van der Waals surface area contributed by atoms with Gasteiger partial charge in [-0.2, -0.15) is 0 Å². The first kappa shape index (κ1) is 12.4. The Labute approximate surface area is 116 Å². The van der Waals surface area contributed by atoms with Gasteiger partial charge in [0.2, 0.25) is 0 Å². The van der Waals surface area contributed by atoms with Gasteiger partial charge in [-0.05, 0) is 61.2 Å². The fourth-order valence-corrected chi connectivity index (χ4v) is 4.69. The van der Waals surface area contributed by atoms with Gasteiger partial charge in [-0.15, -0.1) is 22.7 Å². The number of fused-ring (bicyclic) bond motifs is 1. The summed E-state index contributed by atoms with van der Waals surface area (Å²) < 4.78 is 0. The van der Waals surface area contributed by atoms with Crippen LogP contribution >= 0.6 is 22.7 Å². The zero-order chi connectivity index (χ0) is 12.5. The maximum Gasteiger partial charge on any atom is 0.0810 e. The molecule has 0 fully saturated rings. The molecule has 0 saturated heterocycles. The van der Waals surface area contributed by atoms with E-state index in [-0.39, 0.29) is 6.04 Å². The van der Waals surface area contributed by atoms with E-state index in [0.717, 1.165) is 0 Å². The van der Waals surface area contributed by atoms with Gasteiger partial charge in [0.1, 0.15) is 0 Å². The molecule has 0 radical (unpaired) electrons. The van der Waals surface area contributed by atoms with E-state index >= 15 is 0 Å². The van der Waals surface area contributed by atoms with E-state index in [2.05, 4.69) is 29.9 Å². The molecule has 1 atom stereocenters. The molecule has 2 heterocycles. The molecule has 3 N–H and O–H groups in total. The molecule has 2 aromatic heterocycles. The van der Waals surface area contributed by atoms with Crippen LogP contribution in [0.25, 0.3) is 0 Å². The predicted molar refractivity (Wildman–Crippen MR) is 79.2 cm³/mol. The third-order valence-electron chi connectivity index (χ3n) is 3.55. The monoisotopic (exact) mass is 278 g/mol. The Morgan fingerprint density at radius 1 is 1.28 bits per heavy atom. The van der Waals surface area contributed by atoms with Crippen molar-refractivity contribution in [2.24, 2.45) is 5.84 Å². The summed E-state index contributed by atoms with van der Waals surface area (Å²) in [6, 6.07) is 4.75. The third kappa shape index (κ3) is 2.26. The quantitative estimate of drug-likeness (QED) is 0.665. The molecule has 0 saturated carbocycles. The molecule has 0 bridgehead atoms. The van der Waals surface area contributed by atoms with Crippen LogP contribution in [0, 0.1) is 6.92 Å². The third-order valence-corrected chi connectivity index (χ3v) is 5.73. The van der Waals surface area contributed by atoms with Gasteiger partial charge in [0, 0.05) is 14.6 Å². The van der Waals surface area contributed by atoms with Crippen molar-refractivity contribution in [1.82, 2.24) is 5.43 Å². The topological polar surface area (TPSA) is 38.0 Å². The number of nitrogens with two attached hydrogens (primary N) is 1. The average Bonchev–Trinajstić information content (AvgIpc) is 2.96. The molecule has 1 unspecified atom stereocenters. The van der Waals surface area contributed by atoms with Crippen molar-refractivity contribution in [3.8, 4) is 0 Å². The average molecular weight is 278 g/mol. The largest absolute Gasteiger partial charge is 0.271 e. The molecule has 3 rings (SSSR count). The van der Waals surface area contributed by atoms with Crippen LogP contribution in [0.1, 0.15) is 44.6 Å². The van der Waals surface area contributed by atoms with Crippen LogP contribution in [-0.4, -0.2) is 0 Å². The number of hydrogen-bond acceptors (Lipinski definition) is 4. The summed E-state index contributed by atoms with van der Waals surface area (Å²) in [6.07, 6.45) is 5.17. The van der Waals surface area contributed by atoms with Crippen LogP contribution in [-0.2, 0) is 12.8 Å². The number of thiophene rings is 2. The Kier molecular flexibility index (Phi) is 3.52. The molecule has 1 aliphatic rings. The number of aryl methyl sites for hydroxylation is 3. The Morgan fingerprint density at radius 3 is 2.78 bits per heavy atom. The van der Waals surface area contributed by atoms with Crippen LogP contribution in [0.4, 0.5) is 0 Å². The van der Waals surface area contributed by atoms with Crippen molar-refractivity contribution in [2.45, 2.75) is 38.6 Å². The van der Waals surface area contributed by atoms with Crippen LogP contribution in [0.3, 0.4) is 0 Å². The predicted octanol–water partition coefficient (Wildman–Crippen LogP) is 3.55. The summed E-state index contributed by atoms with van der Waals surface area (Å²) in [5.74, 6) is 5.77. The van der Waals surface area contributed by atoms with Crippen LogP contribution in [0.15, 0.2) is 17.5 Å². The van der Waals surface area contributed by atoms with E-state index < -0.39 is 0 Å². The van der Waals surface area contributed by atoms with Gasteiger partial charge in [-0.1, -0.05) is 0 Å². The summed E-state index contributed by atoms with van der Waals surface area (Å²) in [7, 11) is 0. The van der Waals surface area contributed by atoms with E-state index in [1.807, 2.05) is 11.3 Å². The lowest BCUT2D eigenvalue weighted by atomic mass is 9.98. The minimum atomic E-state index is 0.158. The molecule has 1 aliphatic carbocycles. The lowest BCUT2D eigenvalue weighted by Crippen LogP contribution is -2.27. The van der Waals surface area contributed by atoms with Crippen molar-refractivity contribution in [3.05, 3.63) is 43.3 Å². The molecule has 2 aromatic rings. The van der Waals surface area contributed by atoms with E-state index in [9.17, 15) is 0 Å². The zero-order valence-electron chi connectivity index (χ0n) is 10.5. The van der Waals surface area contributed by atoms with Gasteiger partial charge in [-0.25, -0.2) is 5.43 Å². The first-order valence-corrected chi connectivity index (χ1v) is 8.10. The van der Waals surface area contributed by atoms with Gasteiger partial charge in [0.05, 0.1) is 6.04 Å². The Hall–Kier alpha value is -0.680. The summed E-state index contributed by atoms with van der Waals surface area (Å²) in [4.78, 5) is 4.28. The normalized spacial score (nSPS) is 16.6. The van der Waals surface area contributed by atoms with E-state index in [4.69, 9.17) is 5.84 Å². The standard InChI is InChI=1S/C14H18N2S2/c1-9-6-11(8-17-9)14(16-15)13-7-10-4-2-3-5-12(10)18-13/h6-8,14,16H,2-5,15H2,1H3. The first-order chi connectivity index (χ1) is 8.78. The maximum absolute atomic E-state index is 5.77. The van der Waals surface area contributed by atoms with Gasteiger partial charge in [0.25, 0.3) is 0 Å². The summed E-state index contributed by atoms with van der Waals surface area (Å²) >= 11 is 3.72. The van der Waals surface area contributed by atoms with Crippen LogP contribution in [0.5, 0.6) is 0 Å². The van der Waals surface area contributed by atoms with Crippen molar-refractivity contribution in [3.63, 3.8) is 0 Å². The maximum atomic E-state index is 5.77. The SMILES string of the molecule is Cc1cc(C(NN)c2cc3c(s2)CCCC3)cs1. The van der Waals surface area contributed by atoms with Gasteiger partial charge >= 0.3 is 0 Å². The number of nitrogens with one attached hydrogen (secondary N) is 1. The lowest BCUT2D eigenvalue weighted by molar-refractivity contribution is 0.647. The van der Waals surface area contributed by atoms with Gasteiger partial charge in [0.15, 0.2) is 0 Å². The highest BCUT2D eigenvalue weighted by atomic mass is 32.1. The molecule has 18 heavy (non-hydrogen) atoms. The highest BCUT2D eigenvalue weighted by Gasteiger charge is 2.20. The minimum absolute atomic E-state index is 0.158. The zero-order valence-corrected chi connectivity index (χ0v) is 12.2. The van der Waals surface area contributed by atoms with E-state index in [1.54, 1.807) is 21.8 Å². The minimum Gasteiger partial charge on any atom is -0.271 e. The first-order valence-electron chi connectivity index (χ1n) is 6.40. The van der Waals surface area contributed by atoms with E-state index in [1.165, 1.54) is 41.0 Å². The second-order valence-electron chi connectivity index (χ2n) is 4.89. The summed E-state index contributed by atoms with van der Waals surface area (Å²) in [5.41, 5.74) is 5.81. The van der Waals surface area contributed by atoms with Gasteiger partial charge in [-0.3, -0.25) is 5.84 Å². The fourth-order valence-electron chi connectivity index (χ4n) is 2.61. The highest BCUT2D eigenvalue weighted by Crippen LogP contribution is 2.36. The molecular weight excluding hydrogens is 260 g/mol. The molecule has 4 heteroatoms. The Bertz CT molecular complexity index is 518. The van der Waals surface area contributed by atoms with Crippen molar-refractivity contribution < 1.29 is 0 Å². The van der Waals surface area contributed by atoms with Crippen LogP contribution in [0.2, 0.25) is 0 Å². The molecule has 0 amide bonds. The molecule has 96 valence electrons. The van der Waals surface area contributed by atoms with Crippen molar-refractivity contribution in [1.29, 1.82) is 0 Å². The number of hydrogen-bond donors (Lipinski definition) is 2. The van der Waals surface area contributed by atoms with Crippen molar-refractivity contribution >= 4 is 22.7 Å². The van der Waals surface area contributed by atoms with Crippen LogP contribution < -0.4 is 11.3 Å². The van der Waals surface area contributed by atoms with E-state index in [0.29, 0.717) is 0 Å². The summed E-state index contributed by atoms with van der Waals surface area (Å²) in [5, 5.41) is 2.21.